The van der Waals surface area contributed by atoms with Crippen molar-refractivity contribution in [1.29, 1.82) is 0 Å². The highest BCUT2D eigenvalue weighted by atomic mass is 32.2. The first-order valence-electron chi connectivity index (χ1n) is 5.14. The van der Waals surface area contributed by atoms with Crippen LogP contribution in [0.2, 0.25) is 0 Å². The predicted octanol–water partition coefficient (Wildman–Crippen LogP) is 0.371. The zero-order valence-electron chi connectivity index (χ0n) is 9.78. The molecule has 1 rings (SSSR count). The Morgan fingerprint density at radius 3 is 2.65 bits per heavy atom. The van der Waals surface area contributed by atoms with E-state index in [1.165, 1.54) is 0 Å². The van der Waals surface area contributed by atoms with Crippen molar-refractivity contribution in [3.05, 3.63) is 11.4 Å². The van der Waals surface area contributed by atoms with E-state index in [0.717, 1.165) is 0 Å². The number of hydrogen-bond donors (Lipinski definition) is 3. The number of nitrogens with one attached hydrogen (secondary N) is 2. The van der Waals surface area contributed by atoms with Crippen LogP contribution in [0.1, 0.15) is 24.2 Å². The summed E-state index contributed by atoms with van der Waals surface area (Å²) in [6.07, 6.45) is 1.12. The minimum Gasteiger partial charge on any atom is -0.393 e. The van der Waals surface area contributed by atoms with Crippen LogP contribution in [0, 0.1) is 13.8 Å². The number of nitrogens with zero attached hydrogens (tertiary/aromatic N) is 1. The van der Waals surface area contributed by atoms with Gasteiger partial charge in [0, 0.05) is 6.54 Å². The Morgan fingerprint density at radius 2 is 2.18 bits per heavy atom. The quantitative estimate of drug-likeness (QED) is 0.515. The number of aromatic nitrogens is 2. The number of rotatable bonds is 6. The fraction of sp³-hybridized carbons (Fsp3) is 0.556. The summed E-state index contributed by atoms with van der Waals surface area (Å²) < 4.78 is 26.4. The van der Waals surface area contributed by atoms with E-state index in [1.54, 1.807) is 13.8 Å². The molecular formula is C9H16N4O2S2. The van der Waals surface area contributed by atoms with E-state index in [2.05, 4.69) is 14.9 Å². The molecule has 0 aromatic carbocycles. The maximum Gasteiger partial charge on any atom is 0.244 e. The molecule has 0 spiro atoms. The first-order chi connectivity index (χ1) is 7.84. The predicted molar refractivity (Wildman–Crippen MR) is 69.3 cm³/mol. The molecule has 1 aromatic rings. The Bertz CT molecular complexity index is 488. The van der Waals surface area contributed by atoms with Gasteiger partial charge >= 0.3 is 0 Å². The molecule has 0 bridgehead atoms. The van der Waals surface area contributed by atoms with Gasteiger partial charge in [-0.3, -0.25) is 5.10 Å². The number of sulfonamides is 1. The van der Waals surface area contributed by atoms with Gasteiger partial charge in [0.1, 0.15) is 4.90 Å². The lowest BCUT2D eigenvalue weighted by atomic mass is 10.3. The molecule has 96 valence electrons. The maximum atomic E-state index is 11.9. The summed E-state index contributed by atoms with van der Waals surface area (Å²) >= 11 is 4.71. The fourth-order valence-electron chi connectivity index (χ4n) is 1.48. The molecule has 1 heterocycles. The molecular weight excluding hydrogens is 260 g/mol. The minimum atomic E-state index is -3.50. The van der Waals surface area contributed by atoms with Gasteiger partial charge in [-0.2, -0.15) is 5.10 Å². The van der Waals surface area contributed by atoms with E-state index < -0.39 is 10.0 Å². The van der Waals surface area contributed by atoms with Crippen LogP contribution in [0.25, 0.3) is 0 Å². The number of H-pyrrole nitrogens is 1. The van der Waals surface area contributed by atoms with Crippen LogP contribution >= 0.6 is 12.2 Å². The van der Waals surface area contributed by atoms with Crippen molar-refractivity contribution in [1.82, 2.24) is 14.9 Å². The topological polar surface area (TPSA) is 101 Å². The molecule has 0 unspecified atom stereocenters. The Balaban J connectivity index is 2.67. The van der Waals surface area contributed by atoms with Crippen molar-refractivity contribution >= 4 is 27.2 Å². The molecule has 0 saturated carbocycles. The second-order valence-electron chi connectivity index (χ2n) is 3.73. The largest absolute Gasteiger partial charge is 0.393 e. The van der Waals surface area contributed by atoms with Crippen LogP contribution in [-0.4, -0.2) is 30.1 Å². The summed E-state index contributed by atoms with van der Waals surface area (Å²) in [5.41, 5.74) is 6.32. The molecule has 0 fully saturated rings. The summed E-state index contributed by atoms with van der Waals surface area (Å²) in [5.74, 6) is 0. The zero-order chi connectivity index (χ0) is 13.1. The molecule has 0 atom stereocenters. The van der Waals surface area contributed by atoms with Crippen molar-refractivity contribution in [2.75, 3.05) is 6.54 Å². The van der Waals surface area contributed by atoms with Crippen molar-refractivity contribution in [2.45, 2.75) is 31.6 Å². The second kappa shape index (κ2) is 5.56. The van der Waals surface area contributed by atoms with Crippen molar-refractivity contribution in [3.63, 3.8) is 0 Å². The molecule has 1 aromatic heterocycles. The van der Waals surface area contributed by atoms with Crippen molar-refractivity contribution in [3.8, 4) is 0 Å². The van der Waals surface area contributed by atoms with Crippen LogP contribution < -0.4 is 10.5 Å². The van der Waals surface area contributed by atoms with E-state index in [-0.39, 0.29) is 4.90 Å². The van der Waals surface area contributed by atoms with E-state index in [1.807, 2.05) is 0 Å². The fourth-order valence-corrected chi connectivity index (χ4v) is 3.06. The zero-order valence-corrected chi connectivity index (χ0v) is 11.4. The van der Waals surface area contributed by atoms with Gasteiger partial charge in [0.2, 0.25) is 10.0 Å². The van der Waals surface area contributed by atoms with Gasteiger partial charge in [-0.25, -0.2) is 13.1 Å². The number of aromatic amines is 1. The van der Waals surface area contributed by atoms with Gasteiger partial charge < -0.3 is 5.73 Å². The van der Waals surface area contributed by atoms with Crippen LogP contribution in [-0.2, 0) is 10.0 Å². The maximum absolute atomic E-state index is 11.9. The monoisotopic (exact) mass is 276 g/mol. The summed E-state index contributed by atoms with van der Waals surface area (Å²) in [7, 11) is -3.50. The Morgan fingerprint density at radius 1 is 1.53 bits per heavy atom. The summed E-state index contributed by atoms with van der Waals surface area (Å²) in [6, 6.07) is 0. The molecule has 17 heavy (non-hydrogen) atoms. The number of thiocarbonyl (C=S) groups is 1. The van der Waals surface area contributed by atoms with E-state index in [4.69, 9.17) is 18.0 Å². The lowest BCUT2D eigenvalue weighted by Gasteiger charge is -2.06. The molecule has 4 N–H and O–H groups in total. The highest BCUT2D eigenvalue weighted by molar-refractivity contribution is 7.89. The van der Waals surface area contributed by atoms with Gasteiger partial charge in [0.25, 0.3) is 0 Å². The first-order valence-corrected chi connectivity index (χ1v) is 7.03. The van der Waals surface area contributed by atoms with E-state index >= 15 is 0 Å². The molecule has 0 aliphatic heterocycles. The molecule has 0 radical (unpaired) electrons. The molecule has 0 aliphatic carbocycles. The molecule has 8 heteroatoms. The standard InChI is InChI=1S/C9H16N4O2S2/c1-6-9(7(2)13-12-6)17(14,15)11-5-3-4-8(10)16/h11H,3-5H2,1-2H3,(H2,10,16)(H,12,13). The summed E-state index contributed by atoms with van der Waals surface area (Å²) in [4.78, 5) is 0.604. The number of aryl methyl sites for hydroxylation is 2. The molecule has 6 nitrogen and oxygen atoms in total. The highest BCUT2D eigenvalue weighted by Crippen LogP contribution is 2.15. The molecule has 0 amide bonds. The van der Waals surface area contributed by atoms with Gasteiger partial charge in [-0.1, -0.05) is 12.2 Å². The van der Waals surface area contributed by atoms with Gasteiger partial charge in [-0.05, 0) is 26.7 Å². The SMILES string of the molecule is Cc1n[nH]c(C)c1S(=O)(=O)NCCCC(N)=S. The van der Waals surface area contributed by atoms with Crippen molar-refractivity contribution < 1.29 is 8.42 Å². The highest BCUT2D eigenvalue weighted by Gasteiger charge is 2.21. The molecule has 0 saturated heterocycles. The Hall–Kier alpha value is -0.990. The number of nitrogens with two attached hydrogens (primary N) is 1. The first kappa shape index (κ1) is 14.1. The van der Waals surface area contributed by atoms with Gasteiger partial charge in [-0.15, -0.1) is 0 Å². The van der Waals surface area contributed by atoms with Crippen LogP contribution in [0.5, 0.6) is 0 Å². The normalized spacial score (nSPS) is 11.6. The smallest absolute Gasteiger partial charge is 0.244 e. The Kier molecular flexibility index (Phi) is 4.61. The third kappa shape index (κ3) is 3.76. The van der Waals surface area contributed by atoms with Gasteiger partial charge in [0.15, 0.2) is 0 Å². The third-order valence-electron chi connectivity index (χ3n) is 2.22. The van der Waals surface area contributed by atoms with Gasteiger partial charge in [0.05, 0.1) is 16.4 Å². The van der Waals surface area contributed by atoms with Crippen LogP contribution in [0.3, 0.4) is 0 Å². The van der Waals surface area contributed by atoms with E-state index in [9.17, 15) is 8.42 Å². The number of hydrogen-bond acceptors (Lipinski definition) is 4. The summed E-state index contributed by atoms with van der Waals surface area (Å²) in [5, 5.41) is 6.50. The van der Waals surface area contributed by atoms with Crippen molar-refractivity contribution in [2.24, 2.45) is 5.73 Å². The average molecular weight is 276 g/mol. The van der Waals surface area contributed by atoms with Crippen LogP contribution in [0.15, 0.2) is 4.90 Å². The lowest BCUT2D eigenvalue weighted by Crippen LogP contribution is -2.26. The molecule has 0 aliphatic rings. The average Bonchev–Trinajstić information content (AvgIpc) is 2.53. The Labute approximate surface area is 106 Å². The summed E-state index contributed by atoms with van der Waals surface area (Å²) in [6.45, 7) is 3.63. The minimum absolute atomic E-state index is 0.216. The van der Waals surface area contributed by atoms with Crippen LogP contribution in [0.4, 0.5) is 0 Å². The third-order valence-corrected chi connectivity index (χ3v) is 4.15. The lowest BCUT2D eigenvalue weighted by molar-refractivity contribution is 0.578. The second-order valence-corrected chi connectivity index (χ2v) is 5.96. The van der Waals surface area contributed by atoms with E-state index in [0.29, 0.717) is 35.8 Å².